The van der Waals surface area contributed by atoms with Crippen LogP contribution in [-0.4, -0.2) is 65.5 Å². The van der Waals surface area contributed by atoms with Gasteiger partial charge in [0.25, 0.3) is 0 Å². The van der Waals surface area contributed by atoms with Crippen molar-refractivity contribution in [2.75, 3.05) is 11.9 Å². The Morgan fingerprint density at radius 3 is 2.84 bits per heavy atom. The van der Waals surface area contributed by atoms with Crippen LogP contribution in [0, 0.1) is 0 Å². The van der Waals surface area contributed by atoms with E-state index in [1.54, 1.807) is 6.26 Å². The summed E-state index contributed by atoms with van der Waals surface area (Å²) < 4.78 is 12.6. The van der Waals surface area contributed by atoms with Gasteiger partial charge in [0.15, 0.2) is 28.9 Å². The number of rotatable bonds is 4. The quantitative estimate of drug-likeness (QED) is 0.576. The Morgan fingerprint density at radius 2 is 2.16 bits per heavy atom. The van der Waals surface area contributed by atoms with Crippen LogP contribution in [0.15, 0.2) is 25.0 Å². The number of hydrogen-bond donors (Lipinski definition) is 4. The second-order valence-electron chi connectivity index (χ2n) is 6.32. The van der Waals surface area contributed by atoms with Gasteiger partial charge in [-0.15, -0.1) is 0 Å². The Hall–Kier alpha value is -2.27. The summed E-state index contributed by atoms with van der Waals surface area (Å²) in [4.78, 5) is 12.7. The molecule has 2 aliphatic heterocycles. The molecule has 4 rings (SSSR count). The number of fused-ring (bicyclic) bond motifs is 1. The third-order valence-corrected chi connectivity index (χ3v) is 4.46. The molecule has 5 atom stereocenters. The van der Waals surface area contributed by atoms with Crippen LogP contribution in [0.4, 0.5) is 5.82 Å². The van der Waals surface area contributed by atoms with Crippen molar-refractivity contribution < 1.29 is 24.8 Å². The van der Waals surface area contributed by atoms with Gasteiger partial charge < -0.3 is 30.1 Å². The maximum Gasteiger partial charge on any atom is 0.181 e. The van der Waals surface area contributed by atoms with Gasteiger partial charge in [-0.1, -0.05) is 0 Å². The first kappa shape index (κ1) is 16.2. The fourth-order valence-corrected chi connectivity index (χ4v) is 3.09. The van der Waals surface area contributed by atoms with Crippen molar-refractivity contribution in [3.63, 3.8) is 0 Å². The summed E-state index contributed by atoms with van der Waals surface area (Å²) in [7, 11) is 0. The number of anilines is 1. The van der Waals surface area contributed by atoms with Gasteiger partial charge in [0.2, 0.25) is 0 Å². The van der Waals surface area contributed by atoms with Gasteiger partial charge >= 0.3 is 0 Å². The Morgan fingerprint density at radius 1 is 1.32 bits per heavy atom. The van der Waals surface area contributed by atoms with Gasteiger partial charge in [-0.05, 0) is 13.0 Å². The SMILES string of the molecule is CC1(Nc2ncnc3c2ncn3[C@@H]2O[C@H](CO)[C@@H](O)[C@H]2O)CC=CO1. The number of imidazole rings is 1. The fraction of sp³-hybridized carbons (Fsp3) is 0.533. The maximum absolute atomic E-state index is 10.2. The van der Waals surface area contributed by atoms with Crippen molar-refractivity contribution in [2.45, 2.75) is 43.6 Å². The lowest BCUT2D eigenvalue weighted by molar-refractivity contribution is -0.0511. The van der Waals surface area contributed by atoms with Crippen molar-refractivity contribution in [1.29, 1.82) is 0 Å². The number of aliphatic hydroxyl groups is 3. The van der Waals surface area contributed by atoms with E-state index in [0.717, 1.165) is 0 Å². The smallest absolute Gasteiger partial charge is 0.181 e. The molecule has 0 saturated carbocycles. The molecule has 1 fully saturated rings. The minimum Gasteiger partial charge on any atom is -0.476 e. The molecule has 1 unspecified atom stereocenters. The highest BCUT2D eigenvalue weighted by molar-refractivity contribution is 5.83. The molecule has 0 aliphatic carbocycles. The molecule has 0 amide bonds. The first-order valence-electron chi connectivity index (χ1n) is 7.93. The van der Waals surface area contributed by atoms with Crippen molar-refractivity contribution in [3.05, 3.63) is 25.0 Å². The second-order valence-corrected chi connectivity index (χ2v) is 6.32. The lowest BCUT2D eigenvalue weighted by Crippen LogP contribution is -2.34. The summed E-state index contributed by atoms with van der Waals surface area (Å²) in [6, 6.07) is 0. The second kappa shape index (κ2) is 5.92. The molecule has 4 heterocycles. The van der Waals surface area contributed by atoms with Gasteiger partial charge in [0.1, 0.15) is 24.6 Å². The molecule has 1 saturated heterocycles. The highest BCUT2D eigenvalue weighted by Crippen LogP contribution is 2.33. The zero-order chi connectivity index (χ0) is 17.6. The Labute approximate surface area is 142 Å². The van der Waals surface area contributed by atoms with Crippen LogP contribution < -0.4 is 5.32 Å². The summed E-state index contributed by atoms with van der Waals surface area (Å²) in [5, 5.41) is 32.6. The third kappa shape index (κ3) is 2.63. The molecule has 10 heteroatoms. The molecule has 0 bridgehead atoms. The normalized spacial score (nSPS) is 34.6. The minimum absolute atomic E-state index is 0.397. The maximum atomic E-state index is 10.2. The van der Waals surface area contributed by atoms with E-state index >= 15 is 0 Å². The molecule has 0 aromatic carbocycles. The van der Waals surface area contributed by atoms with Crippen molar-refractivity contribution in [1.82, 2.24) is 19.5 Å². The molecule has 10 nitrogen and oxygen atoms in total. The predicted octanol–water partition coefficient (Wildman–Crippen LogP) is -0.500. The molecule has 2 aromatic heterocycles. The van der Waals surface area contributed by atoms with E-state index in [9.17, 15) is 15.3 Å². The van der Waals surface area contributed by atoms with E-state index in [0.29, 0.717) is 23.4 Å². The monoisotopic (exact) mass is 349 g/mol. The minimum atomic E-state index is -1.21. The van der Waals surface area contributed by atoms with Gasteiger partial charge in [0, 0.05) is 6.42 Å². The molecule has 0 spiro atoms. The summed E-state index contributed by atoms with van der Waals surface area (Å²) in [6.07, 6.45) is 2.87. The highest BCUT2D eigenvalue weighted by Gasteiger charge is 2.44. The molecule has 2 aromatic rings. The number of ether oxygens (including phenoxy) is 2. The van der Waals surface area contributed by atoms with Crippen LogP contribution in [0.3, 0.4) is 0 Å². The van der Waals surface area contributed by atoms with Crippen LogP contribution >= 0.6 is 0 Å². The molecule has 25 heavy (non-hydrogen) atoms. The Kier molecular flexibility index (Phi) is 3.84. The van der Waals surface area contributed by atoms with Crippen molar-refractivity contribution in [3.8, 4) is 0 Å². The molecule has 134 valence electrons. The molecule has 2 aliphatic rings. The van der Waals surface area contributed by atoms with Crippen LogP contribution in [0.1, 0.15) is 19.6 Å². The predicted molar refractivity (Wildman–Crippen MR) is 85.2 cm³/mol. The van der Waals surface area contributed by atoms with Gasteiger partial charge in [0.05, 0.1) is 19.2 Å². The summed E-state index contributed by atoms with van der Waals surface area (Å²) >= 11 is 0. The summed E-state index contributed by atoms with van der Waals surface area (Å²) in [6.45, 7) is 1.50. The van der Waals surface area contributed by atoms with Crippen LogP contribution in [-0.2, 0) is 9.47 Å². The first-order chi connectivity index (χ1) is 12.0. The zero-order valence-electron chi connectivity index (χ0n) is 13.5. The topological polar surface area (TPSA) is 135 Å². The third-order valence-electron chi connectivity index (χ3n) is 4.46. The Balaban J connectivity index is 1.67. The standard InChI is InChI=1S/C15H19N5O5/c1-15(3-2-4-24-15)19-12-9-13(17-6-16-12)20(7-18-9)14-11(23)10(22)8(5-21)25-14/h2,4,6-8,10-11,14,21-23H,3,5H2,1H3,(H,16,17,19)/t8-,10-,11-,14-,15?/m1/s1. The summed E-state index contributed by atoms with van der Waals surface area (Å²) in [5.41, 5.74) is 0.297. The first-order valence-corrected chi connectivity index (χ1v) is 7.93. The van der Waals surface area contributed by atoms with Gasteiger partial charge in [-0.25, -0.2) is 15.0 Å². The van der Waals surface area contributed by atoms with E-state index in [2.05, 4.69) is 20.3 Å². The van der Waals surface area contributed by atoms with E-state index in [-0.39, 0.29) is 0 Å². The molecular weight excluding hydrogens is 330 g/mol. The molecule has 0 radical (unpaired) electrons. The number of aliphatic hydroxyl groups excluding tert-OH is 3. The van der Waals surface area contributed by atoms with Crippen LogP contribution in [0.2, 0.25) is 0 Å². The summed E-state index contributed by atoms with van der Waals surface area (Å²) in [5.74, 6) is 0.488. The van der Waals surface area contributed by atoms with E-state index in [4.69, 9.17) is 9.47 Å². The highest BCUT2D eigenvalue weighted by atomic mass is 16.6. The average Bonchev–Trinajstić information content (AvgIpc) is 3.28. The largest absolute Gasteiger partial charge is 0.476 e. The number of hydrogen-bond acceptors (Lipinski definition) is 9. The number of aromatic nitrogens is 4. The average molecular weight is 349 g/mol. The van der Waals surface area contributed by atoms with Gasteiger partial charge in [-0.3, -0.25) is 4.57 Å². The van der Waals surface area contributed by atoms with Gasteiger partial charge in [-0.2, -0.15) is 0 Å². The van der Waals surface area contributed by atoms with Crippen molar-refractivity contribution >= 4 is 17.0 Å². The zero-order valence-corrected chi connectivity index (χ0v) is 13.5. The number of nitrogens with one attached hydrogen (secondary N) is 1. The number of nitrogens with zero attached hydrogens (tertiary/aromatic N) is 4. The van der Waals surface area contributed by atoms with Crippen LogP contribution in [0.5, 0.6) is 0 Å². The lowest BCUT2D eigenvalue weighted by atomic mass is 10.1. The van der Waals surface area contributed by atoms with Crippen LogP contribution in [0.25, 0.3) is 11.2 Å². The fourth-order valence-electron chi connectivity index (χ4n) is 3.09. The Bertz CT molecular complexity index is 801. The van der Waals surface area contributed by atoms with E-state index in [1.165, 1.54) is 17.2 Å². The lowest BCUT2D eigenvalue weighted by Gasteiger charge is -2.25. The van der Waals surface area contributed by atoms with Crippen molar-refractivity contribution in [2.24, 2.45) is 0 Å². The van der Waals surface area contributed by atoms with E-state index < -0.39 is 36.9 Å². The molecule has 4 N–H and O–H groups in total. The van der Waals surface area contributed by atoms with E-state index in [1.807, 2.05) is 13.0 Å². The molecular formula is C15H19N5O5.